The summed E-state index contributed by atoms with van der Waals surface area (Å²) in [5.41, 5.74) is 5.25. The largest absolute Gasteiger partial charge is 0.355 e. The van der Waals surface area contributed by atoms with E-state index in [9.17, 15) is 14.9 Å². The van der Waals surface area contributed by atoms with E-state index in [-0.39, 0.29) is 17.3 Å². The van der Waals surface area contributed by atoms with E-state index in [4.69, 9.17) is 0 Å². The van der Waals surface area contributed by atoms with Crippen molar-refractivity contribution >= 4 is 34.0 Å². The molecule has 1 aromatic heterocycles. The van der Waals surface area contributed by atoms with Crippen molar-refractivity contribution < 1.29 is 9.72 Å². The van der Waals surface area contributed by atoms with E-state index >= 15 is 0 Å². The molecule has 3 rings (SSSR count). The molecule has 3 aromatic rings. The van der Waals surface area contributed by atoms with Crippen LogP contribution >= 0.6 is 0 Å². The molecule has 0 saturated heterocycles. The molecule has 0 aliphatic carbocycles. The fourth-order valence-corrected chi connectivity index (χ4v) is 2.99. The van der Waals surface area contributed by atoms with Crippen LogP contribution in [0.15, 0.2) is 48.8 Å². The third kappa shape index (κ3) is 3.68. The van der Waals surface area contributed by atoms with Crippen molar-refractivity contribution in [2.75, 3.05) is 23.4 Å². The van der Waals surface area contributed by atoms with E-state index in [1.807, 2.05) is 44.2 Å². The van der Waals surface area contributed by atoms with E-state index in [1.54, 1.807) is 17.0 Å². The van der Waals surface area contributed by atoms with E-state index in [0.717, 1.165) is 10.8 Å². The molecule has 0 atom stereocenters. The Morgan fingerprint density at radius 3 is 2.54 bits per heavy atom. The van der Waals surface area contributed by atoms with Gasteiger partial charge in [-0.15, -0.1) is 0 Å². The monoisotopic (exact) mass is 380 g/mol. The summed E-state index contributed by atoms with van der Waals surface area (Å²) < 4.78 is 0. The first-order chi connectivity index (χ1) is 13.6. The van der Waals surface area contributed by atoms with Gasteiger partial charge in [-0.1, -0.05) is 36.4 Å². The van der Waals surface area contributed by atoms with E-state index in [0.29, 0.717) is 18.7 Å². The summed E-state index contributed by atoms with van der Waals surface area (Å²) in [6, 6.07) is 12.9. The van der Waals surface area contributed by atoms with Gasteiger partial charge in [-0.3, -0.25) is 25.8 Å². The number of hydrazine groups is 1. The van der Waals surface area contributed by atoms with Crippen LogP contribution in [0.5, 0.6) is 0 Å². The lowest BCUT2D eigenvalue weighted by atomic mass is 10.0. The van der Waals surface area contributed by atoms with Crippen molar-refractivity contribution in [2.24, 2.45) is 0 Å². The van der Waals surface area contributed by atoms with Crippen LogP contribution < -0.4 is 15.8 Å². The molecule has 1 heterocycles. The van der Waals surface area contributed by atoms with E-state index < -0.39 is 10.8 Å². The first-order valence-electron chi connectivity index (χ1n) is 8.85. The number of amides is 1. The molecule has 0 radical (unpaired) electrons. The molecule has 1 amide bonds. The average molecular weight is 380 g/mol. The van der Waals surface area contributed by atoms with Gasteiger partial charge in [0.2, 0.25) is 11.6 Å². The van der Waals surface area contributed by atoms with Crippen molar-refractivity contribution in [1.82, 2.24) is 15.4 Å². The molecule has 9 nitrogen and oxygen atoms in total. The van der Waals surface area contributed by atoms with Crippen LogP contribution in [-0.2, 0) is 0 Å². The fraction of sp³-hybridized carbons (Fsp3) is 0.211. The number of nitro groups is 1. The van der Waals surface area contributed by atoms with Crippen molar-refractivity contribution in [1.29, 1.82) is 0 Å². The summed E-state index contributed by atoms with van der Waals surface area (Å²) in [7, 11) is 0. The minimum absolute atomic E-state index is 0.0736. The number of rotatable bonds is 7. The standard InChI is InChI=1S/C19H20N6O3/c1-3-24(4-2)18-16(25(27)28)17(20-12-21-18)22-23-19(26)15-11-7-9-13-8-5-6-10-14(13)15/h5-12H,3-4H2,1-2H3,(H,23,26)(H,20,21,22). The number of nitrogens with zero attached hydrogens (tertiary/aromatic N) is 4. The Morgan fingerprint density at radius 1 is 1.11 bits per heavy atom. The number of nitrogens with one attached hydrogen (secondary N) is 2. The number of fused-ring (bicyclic) bond motifs is 1. The van der Waals surface area contributed by atoms with Gasteiger partial charge >= 0.3 is 5.69 Å². The average Bonchev–Trinajstić information content (AvgIpc) is 2.72. The molecule has 0 bridgehead atoms. The molecule has 144 valence electrons. The molecule has 9 heteroatoms. The third-order valence-corrected chi connectivity index (χ3v) is 4.38. The topological polar surface area (TPSA) is 113 Å². The summed E-state index contributed by atoms with van der Waals surface area (Å²) in [6.07, 6.45) is 1.23. The molecule has 0 spiro atoms. The molecular formula is C19H20N6O3. The van der Waals surface area contributed by atoms with Crippen LogP contribution in [0.3, 0.4) is 0 Å². The highest BCUT2D eigenvalue weighted by atomic mass is 16.6. The smallest absolute Gasteiger partial charge is 0.351 e. The van der Waals surface area contributed by atoms with Crippen molar-refractivity contribution in [2.45, 2.75) is 13.8 Å². The van der Waals surface area contributed by atoms with Gasteiger partial charge in [-0.05, 0) is 30.7 Å². The van der Waals surface area contributed by atoms with Crippen molar-refractivity contribution in [3.05, 3.63) is 64.5 Å². The van der Waals surface area contributed by atoms with Crippen LogP contribution in [0.1, 0.15) is 24.2 Å². The molecule has 0 fully saturated rings. The highest BCUT2D eigenvalue weighted by molar-refractivity contribution is 6.07. The zero-order valence-electron chi connectivity index (χ0n) is 15.5. The minimum atomic E-state index is -0.555. The Morgan fingerprint density at radius 2 is 1.82 bits per heavy atom. The minimum Gasteiger partial charge on any atom is -0.351 e. The quantitative estimate of drug-likeness (QED) is 0.478. The third-order valence-electron chi connectivity index (χ3n) is 4.38. The number of aromatic nitrogens is 2. The SMILES string of the molecule is CCN(CC)c1ncnc(NNC(=O)c2cccc3ccccc23)c1[N+](=O)[O-]. The molecule has 2 N–H and O–H groups in total. The summed E-state index contributed by atoms with van der Waals surface area (Å²) in [6.45, 7) is 4.86. The highest BCUT2D eigenvalue weighted by Crippen LogP contribution is 2.31. The first kappa shape index (κ1) is 19.0. The Labute approximate surface area is 161 Å². The molecule has 0 aliphatic heterocycles. The maximum absolute atomic E-state index is 12.6. The highest BCUT2D eigenvalue weighted by Gasteiger charge is 2.26. The molecule has 0 saturated carbocycles. The van der Waals surface area contributed by atoms with Gasteiger partial charge < -0.3 is 4.90 Å². The van der Waals surface area contributed by atoms with Gasteiger partial charge in [-0.25, -0.2) is 9.97 Å². The maximum Gasteiger partial charge on any atom is 0.355 e. The number of carbonyl (C=O) groups is 1. The van der Waals surface area contributed by atoms with Gasteiger partial charge in [0.05, 0.1) is 4.92 Å². The second-order valence-electron chi connectivity index (χ2n) is 5.93. The van der Waals surface area contributed by atoms with Crippen LogP contribution in [0, 0.1) is 10.1 Å². The van der Waals surface area contributed by atoms with Crippen LogP contribution in [0.25, 0.3) is 10.8 Å². The van der Waals surface area contributed by atoms with Gasteiger partial charge in [0.15, 0.2) is 0 Å². The zero-order chi connectivity index (χ0) is 20.1. The van der Waals surface area contributed by atoms with E-state index in [1.165, 1.54) is 6.33 Å². The second-order valence-corrected chi connectivity index (χ2v) is 5.93. The Balaban J connectivity index is 1.89. The molecular weight excluding hydrogens is 360 g/mol. The lowest BCUT2D eigenvalue weighted by molar-refractivity contribution is -0.383. The molecule has 28 heavy (non-hydrogen) atoms. The summed E-state index contributed by atoms with van der Waals surface area (Å²) >= 11 is 0. The Kier molecular flexibility index (Phi) is 5.64. The summed E-state index contributed by atoms with van der Waals surface area (Å²) in [5, 5.41) is 13.3. The fourth-order valence-electron chi connectivity index (χ4n) is 2.99. The van der Waals surface area contributed by atoms with Gasteiger partial charge in [0.25, 0.3) is 5.91 Å². The van der Waals surface area contributed by atoms with Gasteiger partial charge in [-0.2, -0.15) is 0 Å². The van der Waals surface area contributed by atoms with Gasteiger partial charge in [0.1, 0.15) is 6.33 Å². The zero-order valence-corrected chi connectivity index (χ0v) is 15.5. The number of anilines is 2. The summed E-state index contributed by atoms with van der Waals surface area (Å²) in [5.74, 6) is -0.295. The Hall–Kier alpha value is -3.75. The number of hydrogen-bond donors (Lipinski definition) is 2. The summed E-state index contributed by atoms with van der Waals surface area (Å²) in [4.78, 5) is 33.4. The van der Waals surface area contributed by atoms with Crippen LogP contribution in [0.2, 0.25) is 0 Å². The normalized spacial score (nSPS) is 10.5. The molecule has 0 aliphatic rings. The predicted molar refractivity (Wildman–Crippen MR) is 107 cm³/mol. The lowest BCUT2D eigenvalue weighted by Gasteiger charge is -2.20. The second kappa shape index (κ2) is 8.30. The Bertz CT molecular complexity index is 1010. The van der Waals surface area contributed by atoms with Crippen LogP contribution in [0.4, 0.5) is 17.3 Å². The predicted octanol–water partition coefficient (Wildman–Crippen LogP) is 3.14. The van der Waals surface area contributed by atoms with E-state index in [2.05, 4.69) is 20.8 Å². The number of benzene rings is 2. The number of hydrogen-bond acceptors (Lipinski definition) is 7. The van der Waals surface area contributed by atoms with Crippen molar-refractivity contribution in [3.63, 3.8) is 0 Å². The molecule has 2 aromatic carbocycles. The lowest BCUT2D eigenvalue weighted by Crippen LogP contribution is -2.31. The van der Waals surface area contributed by atoms with Crippen LogP contribution in [-0.4, -0.2) is 33.9 Å². The van der Waals surface area contributed by atoms with Gasteiger partial charge in [0, 0.05) is 18.7 Å². The number of carbonyl (C=O) groups excluding carboxylic acids is 1. The molecule has 0 unspecified atom stereocenters. The maximum atomic E-state index is 12.6. The van der Waals surface area contributed by atoms with Crippen molar-refractivity contribution in [3.8, 4) is 0 Å². The first-order valence-corrected chi connectivity index (χ1v) is 8.85.